The minimum absolute atomic E-state index is 0.217. The normalized spacial score (nSPS) is 14.3. The van der Waals surface area contributed by atoms with Gasteiger partial charge in [-0.3, -0.25) is 0 Å². The fourth-order valence-corrected chi connectivity index (χ4v) is 2.59. The second kappa shape index (κ2) is 5.97. The van der Waals surface area contributed by atoms with E-state index < -0.39 is 0 Å². The topological polar surface area (TPSA) is 44.4 Å². The van der Waals surface area contributed by atoms with Gasteiger partial charge in [0.15, 0.2) is 0 Å². The molecule has 3 rings (SSSR count). The summed E-state index contributed by atoms with van der Waals surface area (Å²) in [6, 6.07) is 15.4. The molecule has 2 N–H and O–H groups in total. The number of fused-ring (bicyclic) bond motifs is 1. The maximum atomic E-state index is 12.0. The Balaban J connectivity index is 1.68. The van der Waals surface area contributed by atoms with Crippen molar-refractivity contribution in [2.24, 2.45) is 0 Å². The molecule has 1 heterocycles. The van der Waals surface area contributed by atoms with Crippen molar-refractivity contribution < 1.29 is 4.79 Å². The summed E-state index contributed by atoms with van der Waals surface area (Å²) in [6.07, 6.45) is 1.07. The van der Waals surface area contributed by atoms with Gasteiger partial charge in [-0.05, 0) is 48.9 Å². The van der Waals surface area contributed by atoms with E-state index in [1.54, 1.807) is 0 Å². The van der Waals surface area contributed by atoms with Crippen molar-refractivity contribution in [3.05, 3.63) is 59.7 Å². The molecular weight excluding hydrogens is 262 g/mol. The van der Waals surface area contributed by atoms with Crippen LogP contribution < -0.4 is 10.6 Å². The standard InChI is InChI=1S/C17H19N3O/c1-20-10-9-13-7-8-16(11-14(13)12-20)19-17(21)18-15-5-3-2-4-6-15/h2-8,11H,9-10,12H2,1H3,(H2,18,19,21). The van der Waals surface area contributed by atoms with E-state index in [4.69, 9.17) is 0 Å². The van der Waals surface area contributed by atoms with Crippen LogP contribution in [0, 0.1) is 0 Å². The maximum Gasteiger partial charge on any atom is 0.323 e. The molecule has 1 aliphatic rings. The zero-order valence-electron chi connectivity index (χ0n) is 12.1. The molecule has 2 amide bonds. The van der Waals surface area contributed by atoms with Crippen molar-refractivity contribution in [1.82, 2.24) is 4.90 Å². The lowest BCUT2D eigenvalue weighted by molar-refractivity contribution is 0.262. The van der Waals surface area contributed by atoms with E-state index in [9.17, 15) is 4.79 Å². The van der Waals surface area contributed by atoms with Crippen LogP contribution in [0.25, 0.3) is 0 Å². The van der Waals surface area contributed by atoms with Crippen molar-refractivity contribution >= 4 is 17.4 Å². The summed E-state index contributed by atoms with van der Waals surface area (Å²) in [5.74, 6) is 0. The lowest BCUT2D eigenvalue weighted by Gasteiger charge is -2.25. The number of rotatable bonds is 2. The van der Waals surface area contributed by atoms with Gasteiger partial charge in [0.25, 0.3) is 0 Å². The maximum absolute atomic E-state index is 12.0. The van der Waals surface area contributed by atoms with Gasteiger partial charge >= 0.3 is 6.03 Å². The highest BCUT2D eigenvalue weighted by atomic mass is 16.2. The molecule has 4 nitrogen and oxygen atoms in total. The van der Waals surface area contributed by atoms with Crippen LogP contribution in [-0.2, 0) is 13.0 Å². The first-order chi connectivity index (χ1) is 10.2. The third-order valence-corrected chi connectivity index (χ3v) is 3.70. The molecule has 0 unspecified atom stereocenters. The lowest BCUT2D eigenvalue weighted by Crippen LogP contribution is -2.26. The van der Waals surface area contributed by atoms with Crippen LogP contribution in [-0.4, -0.2) is 24.5 Å². The summed E-state index contributed by atoms with van der Waals surface area (Å²) < 4.78 is 0. The Morgan fingerprint density at radius 3 is 2.57 bits per heavy atom. The van der Waals surface area contributed by atoms with Crippen LogP contribution in [0.15, 0.2) is 48.5 Å². The Hall–Kier alpha value is -2.33. The molecule has 2 aromatic carbocycles. The molecule has 0 saturated carbocycles. The Morgan fingerprint density at radius 2 is 1.76 bits per heavy atom. The zero-order valence-corrected chi connectivity index (χ0v) is 12.1. The second-order valence-corrected chi connectivity index (χ2v) is 5.42. The average molecular weight is 281 g/mol. The predicted octanol–water partition coefficient (Wildman–Crippen LogP) is 3.32. The number of benzene rings is 2. The highest BCUT2D eigenvalue weighted by Crippen LogP contribution is 2.22. The summed E-state index contributed by atoms with van der Waals surface area (Å²) >= 11 is 0. The summed E-state index contributed by atoms with van der Waals surface area (Å²) in [6.45, 7) is 2.03. The third-order valence-electron chi connectivity index (χ3n) is 3.70. The van der Waals surface area contributed by atoms with Crippen LogP contribution in [0.2, 0.25) is 0 Å². The number of urea groups is 1. The molecule has 0 fully saturated rings. The molecule has 108 valence electrons. The van der Waals surface area contributed by atoms with Crippen LogP contribution in [0.4, 0.5) is 16.2 Å². The summed E-state index contributed by atoms with van der Waals surface area (Å²) in [5, 5.41) is 5.71. The van der Waals surface area contributed by atoms with Gasteiger partial charge < -0.3 is 15.5 Å². The minimum Gasteiger partial charge on any atom is -0.308 e. The van der Waals surface area contributed by atoms with E-state index in [2.05, 4.69) is 34.7 Å². The average Bonchev–Trinajstić information content (AvgIpc) is 2.47. The Morgan fingerprint density at radius 1 is 1.00 bits per heavy atom. The zero-order chi connectivity index (χ0) is 14.7. The largest absolute Gasteiger partial charge is 0.323 e. The van der Waals surface area contributed by atoms with Crippen molar-refractivity contribution in [3.8, 4) is 0 Å². The monoisotopic (exact) mass is 281 g/mol. The number of nitrogens with zero attached hydrogens (tertiary/aromatic N) is 1. The molecule has 0 aliphatic carbocycles. The molecule has 0 aromatic heterocycles. The minimum atomic E-state index is -0.217. The van der Waals surface area contributed by atoms with Crippen molar-refractivity contribution in [2.45, 2.75) is 13.0 Å². The van der Waals surface area contributed by atoms with Crippen LogP contribution in [0.5, 0.6) is 0 Å². The molecule has 0 radical (unpaired) electrons. The van der Waals surface area contributed by atoms with E-state index in [1.807, 2.05) is 36.4 Å². The van der Waals surface area contributed by atoms with Gasteiger partial charge in [0.2, 0.25) is 0 Å². The number of carbonyl (C=O) groups excluding carboxylic acids is 1. The highest BCUT2D eigenvalue weighted by Gasteiger charge is 2.13. The number of hydrogen-bond donors (Lipinski definition) is 2. The van der Waals surface area contributed by atoms with Gasteiger partial charge in [-0.2, -0.15) is 0 Å². The fourth-order valence-electron chi connectivity index (χ4n) is 2.59. The summed E-state index contributed by atoms with van der Waals surface area (Å²) in [4.78, 5) is 14.3. The number of anilines is 2. The summed E-state index contributed by atoms with van der Waals surface area (Å²) in [7, 11) is 2.12. The van der Waals surface area contributed by atoms with Crippen LogP contribution in [0.1, 0.15) is 11.1 Å². The van der Waals surface area contributed by atoms with E-state index in [0.717, 1.165) is 30.9 Å². The van der Waals surface area contributed by atoms with Crippen molar-refractivity contribution in [1.29, 1.82) is 0 Å². The van der Waals surface area contributed by atoms with Crippen LogP contribution >= 0.6 is 0 Å². The van der Waals surface area contributed by atoms with Crippen molar-refractivity contribution in [2.75, 3.05) is 24.2 Å². The van der Waals surface area contributed by atoms with Gasteiger partial charge in [0.05, 0.1) is 0 Å². The lowest BCUT2D eigenvalue weighted by atomic mass is 9.99. The molecule has 0 bridgehead atoms. The van der Waals surface area contributed by atoms with E-state index in [0.29, 0.717) is 0 Å². The number of amides is 2. The molecular formula is C17H19N3O. The Kier molecular flexibility index (Phi) is 3.88. The molecule has 2 aromatic rings. The fraction of sp³-hybridized carbons (Fsp3) is 0.235. The van der Waals surface area contributed by atoms with Gasteiger partial charge in [0.1, 0.15) is 0 Å². The Labute approximate surface area is 124 Å². The van der Waals surface area contributed by atoms with E-state index >= 15 is 0 Å². The van der Waals surface area contributed by atoms with Gasteiger partial charge in [-0.25, -0.2) is 4.79 Å². The number of likely N-dealkylation sites (N-methyl/N-ethyl adjacent to an activating group) is 1. The van der Waals surface area contributed by atoms with Gasteiger partial charge in [-0.1, -0.05) is 24.3 Å². The summed E-state index contributed by atoms with van der Waals surface area (Å²) in [5.41, 5.74) is 4.29. The Bertz CT molecular complexity index is 640. The molecule has 1 aliphatic heterocycles. The molecule has 0 atom stereocenters. The molecule has 0 saturated heterocycles. The van der Waals surface area contributed by atoms with Gasteiger partial charge in [0, 0.05) is 24.5 Å². The molecule has 21 heavy (non-hydrogen) atoms. The number of carbonyl (C=O) groups is 1. The number of hydrogen-bond acceptors (Lipinski definition) is 2. The molecule has 4 heteroatoms. The van der Waals surface area contributed by atoms with E-state index in [-0.39, 0.29) is 6.03 Å². The number of nitrogens with one attached hydrogen (secondary N) is 2. The second-order valence-electron chi connectivity index (χ2n) is 5.42. The smallest absolute Gasteiger partial charge is 0.308 e. The third kappa shape index (κ3) is 3.41. The predicted molar refractivity (Wildman–Crippen MR) is 85.6 cm³/mol. The SMILES string of the molecule is CN1CCc2ccc(NC(=O)Nc3ccccc3)cc2C1. The van der Waals surface area contributed by atoms with Crippen molar-refractivity contribution in [3.63, 3.8) is 0 Å². The quantitative estimate of drug-likeness (QED) is 0.887. The molecule has 0 spiro atoms. The first-order valence-corrected chi connectivity index (χ1v) is 7.14. The van der Waals surface area contributed by atoms with Crippen LogP contribution in [0.3, 0.4) is 0 Å². The first kappa shape index (κ1) is 13.6. The van der Waals surface area contributed by atoms with E-state index in [1.165, 1.54) is 11.1 Å². The van der Waals surface area contributed by atoms with Gasteiger partial charge in [-0.15, -0.1) is 0 Å². The highest BCUT2D eigenvalue weighted by molar-refractivity contribution is 5.99. The first-order valence-electron chi connectivity index (χ1n) is 7.14. The number of para-hydroxylation sites is 1.